The van der Waals surface area contributed by atoms with Gasteiger partial charge in [0.05, 0.1) is 25.4 Å². The quantitative estimate of drug-likeness (QED) is 0.0261. The fourth-order valence-electron chi connectivity index (χ4n) is 7.66. The van der Waals surface area contributed by atoms with Gasteiger partial charge in [-0.1, -0.05) is 211 Å². The van der Waals surface area contributed by atoms with E-state index in [1.54, 1.807) is 6.08 Å². The Hall–Kier alpha value is -3.93. The summed E-state index contributed by atoms with van der Waals surface area (Å²) >= 11 is 0. The number of allylic oxidation sites excluding steroid dienone is 23. The largest absolute Gasteiger partial charge is 0.394 e. The average molecular weight is 986 g/mol. The van der Waals surface area contributed by atoms with E-state index in [-0.39, 0.29) is 12.5 Å². The Morgan fingerprint density at radius 3 is 1.35 bits per heavy atom. The van der Waals surface area contributed by atoms with Crippen LogP contribution < -0.4 is 5.32 Å². The maximum atomic E-state index is 13.0. The monoisotopic (exact) mass is 986 g/mol. The summed E-state index contributed by atoms with van der Waals surface area (Å²) in [6.45, 7) is 3.37. The SMILES string of the molecule is C/C=C/CC/C=C/CC/C=C/C(O)C(COC1OC(CO)C(O)C(O)C1O)NC(=O)CCCCCCCCCCCCC/C=C\C/C=C\C/C=C\C/C=C\C/C=C\C/C=C\C/C=C\C/C=C\C/C=C\CC. The predicted molar refractivity (Wildman–Crippen MR) is 299 cm³/mol. The molecule has 1 heterocycles. The van der Waals surface area contributed by atoms with E-state index in [1.807, 2.05) is 19.1 Å². The molecule has 6 N–H and O–H groups in total. The summed E-state index contributed by atoms with van der Waals surface area (Å²) in [7, 11) is 0. The molecule has 1 aliphatic heterocycles. The first-order chi connectivity index (χ1) is 34.8. The summed E-state index contributed by atoms with van der Waals surface area (Å²) in [6.07, 6.45) is 70.9. The smallest absolute Gasteiger partial charge is 0.220 e. The molecule has 7 atom stereocenters. The minimum atomic E-state index is -1.58. The van der Waals surface area contributed by atoms with Crippen LogP contribution in [-0.2, 0) is 14.3 Å². The number of aliphatic hydroxyl groups excluding tert-OH is 5. The molecule has 1 fully saturated rings. The van der Waals surface area contributed by atoms with E-state index in [1.165, 1.54) is 44.9 Å². The third-order valence-corrected chi connectivity index (χ3v) is 12.0. The maximum Gasteiger partial charge on any atom is 0.220 e. The van der Waals surface area contributed by atoms with Gasteiger partial charge in [0, 0.05) is 6.42 Å². The van der Waals surface area contributed by atoms with Crippen molar-refractivity contribution in [2.45, 2.75) is 224 Å². The van der Waals surface area contributed by atoms with Crippen molar-refractivity contribution in [3.8, 4) is 0 Å². The molecule has 0 spiro atoms. The van der Waals surface area contributed by atoms with E-state index in [2.05, 4.69) is 140 Å². The molecule has 7 unspecified atom stereocenters. The van der Waals surface area contributed by atoms with Crippen LogP contribution in [0.15, 0.2) is 146 Å². The topological polar surface area (TPSA) is 149 Å². The van der Waals surface area contributed by atoms with Gasteiger partial charge >= 0.3 is 0 Å². The second kappa shape index (κ2) is 49.6. The van der Waals surface area contributed by atoms with Crippen LogP contribution in [0, 0.1) is 0 Å². The van der Waals surface area contributed by atoms with Gasteiger partial charge in [-0.2, -0.15) is 0 Å². The van der Waals surface area contributed by atoms with Crippen LogP contribution in [0.4, 0.5) is 0 Å². The zero-order valence-electron chi connectivity index (χ0n) is 44.2. The van der Waals surface area contributed by atoms with Crippen LogP contribution >= 0.6 is 0 Å². The minimum Gasteiger partial charge on any atom is -0.394 e. The normalized spacial score (nSPS) is 20.5. The average Bonchev–Trinajstić information content (AvgIpc) is 3.37. The summed E-state index contributed by atoms with van der Waals surface area (Å²) in [5.41, 5.74) is 0. The van der Waals surface area contributed by atoms with Gasteiger partial charge in [-0.05, 0) is 110 Å². The van der Waals surface area contributed by atoms with Crippen LogP contribution in [0.5, 0.6) is 0 Å². The molecule has 71 heavy (non-hydrogen) atoms. The van der Waals surface area contributed by atoms with Crippen LogP contribution in [0.1, 0.15) is 181 Å². The molecule has 0 radical (unpaired) electrons. The van der Waals surface area contributed by atoms with E-state index in [0.717, 1.165) is 116 Å². The highest BCUT2D eigenvalue weighted by Gasteiger charge is 2.44. The number of carbonyl (C=O) groups is 1. The Morgan fingerprint density at radius 2 is 0.901 bits per heavy atom. The number of amides is 1. The van der Waals surface area contributed by atoms with Crippen molar-refractivity contribution in [2.24, 2.45) is 0 Å². The van der Waals surface area contributed by atoms with Gasteiger partial charge in [-0.25, -0.2) is 0 Å². The Balaban J connectivity index is 2.11. The van der Waals surface area contributed by atoms with Crippen molar-refractivity contribution in [1.29, 1.82) is 0 Å². The molecule has 0 saturated carbocycles. The first-order valence-corrected chi connectivity index (χ1v) is 27.5. The lowest BCUT2D eigenvalue weighted by atomic mass is 9.99. The molecule has 0 aromatic heterocycles. The van der Waals surface area contributed by atoms with Gasteiger partial charge in [0.25, 0.3) is 0 Å². The summed E-state index contributed by atoms with van der Waals surface area (Å²) in [6, 6.07) is -0.837. The standard InChI is InChI=1S/C62H99NO8/c1-3-5-7-9-11-13-14-15-16-17-18-19-20-21-22-23-24-25-26-27-28-29-30-31-32-33-34-35-36-37-38-39-40-41-42-44-46-48-50-52-58(66)63-55(56(65)51-49-47-45-43-12-10-8-6-4-2)54-70-62-61(69)60(68)59(67)57(53-64)71-62/h4-7,11-13,15-16,18-19,21-22,24-25,27-28,30-31,33-34,43,49,51,55-57,59-62,64-65,67-69H,3,8-10,14,17,20,23,26,29,32,35-42,44-48,50,52-54H2,1-2H3,(H,63,66)/b6-4+,7-5-,13-11-,16-15-,19-18-,22-21-,25-24-,28-27-,31-30-,34-33-,43-12+,51-49+. The number of unbranched alkanes of at least 4 members (excludes halogenated alkanes) is 13. The lowest BCUT2D eigenvalue weighted by Gasteiger charge is -2.40. The molecule has 1 aliphatic rings. The van der Waals surface area contributed by atoms with Gasteiger partial charge in [-0.15, -0.1) is 0 Å². The van der Waals surface area contributed by atoms with Crippen molar-refractivity contribution in [1.82, 2.24) is 5.32 Å². The Kier molecular flexibility index (Phi) is 45.5. The van der Waals surface area contributed by atoms with E-state index >= 15 is 0 Å². The predicted octanol–water partition coefficient (Wildman–Crippen LogP) is 13.5. The summed E-state index contributed by atoms with van der Waals surface area (Å²) < 4.78 is 11.2. The van der Waals surface area contributed by atoms with Crippen molar-refractivity contribution >= 4 is 5.91 Å². The third-order valence-electron chi connectivity index (χ3n) is 12.0. The number of hydrogen-bond donors (Lipinski definition) is 6. The number of aliphatic hydroxyl groups is 5. The van der Waals surface area contributed by atoms with Crippen molar-refractivity contribution in [3.05, 3.63) is 146 Å². The number of nitrogens with one attached hydrogen (secondary N) is 1. The lowest BCUT2D eigenvalue weighted by Crippen LogP contribution is -2.60. The number of rotatable bonds is 44. The van der Waals surface area contributed by atoms with Crippen molar-refractivity contribution in [3.63, 3.8) is 0 Å². The fourth-order valence-corrected chi connectivity index (χ4v) is 7.66. The molecular weight excluding hydrogens is 887 g/mol. The molecule has 400 valence electrons. The van der Waals surface area contributed by atoms with Crippen LogP contribution in [0.25, 0.3) is 0 Å². The number of carbonyl (C=O) groups excluding carboxylic acids is 1. The molecule has 1 rings (SSSR count). The van der Waals surface area contributed by atoms with Gasteiger partial charge in [0.15, 0.2) is 6.29 Å². The second-order valence-corrected chi connectivity index (χ2v) is 18.3. The van der Waals surface area contributed by atoms with Gasteiger partial charge < -0.3 is 40.3 Å². The van der Waals surface area contributed by atoms with Gasteiger partial charge in [0.2, 0.25) is 5.91 Å². The van der Waals surface area contributed by atoms with Gasteiger partial charge in [0.1, 0.15) is 24.4 Å². The highest BCUT2D eigenvalue weighted by Crippen LogP contribution is 2.22. The summed E-state index contributed by atoms with van der Waals surface area (Å²) in [4.78, 5) is 13.0. The highest BCUT2D eigenvalue weighted by atomic mass is 16.7. The summed E-state index contributed by atoms with van der Waals surface area (Å²) in [5.74, 6) is -0.205. The van der Waals surface area contributed by atoms with Crippen molar-refractivity contribution in [2.75, 3.05) is 13.2 Å². The molecule has 0 aromatic carbocycles. The molecule has 9 heteroatoms. The summed E-state index contributed by atoms with van der Waals surface area (Å²) in [5, 5.41) is 54.1. The van der Waals surface area contributed by atoms with E-state index in [9.17, 15) is 30.3 Å². The molecule has 0 aliphatic carbocycles. The molecule has 9 nitrogen and oxygen atoms in total. The highest BCUT2D eigenvalue weighted by molar-refractivity contribution is 5.76. The first-order valence-electron chi connectivity index (χ1n) is 27.5. The van der Waals surface area contributed by atoms with Gasteiger partial charge in [-0.3, -0.25) is 4.79 Å². The number of hydrogen-bond acceptors (Lipinski definition) is 8. The molecule has 0 aromatic rings. The Labute approximate surface area is 432 Å². The van der Waals surface area contributed by atoms with Crippen LogP contribution in [0.2, 0.25) is 0 Å². The molecule has 1 saturated heterocycles. The second-order valence-electron chi connectivity index (χ2n) is 18.3. The lowest BCUT2D eigenvalue weighted by molar-refractivity contribution is -0.302. The molecule has 1 amide bonds. The maximum absolute atomic E-state index is 13.0. The van der Waals surface area contributed by atoms with E-state index < -0.39 is 49.5 Å². The fraction of sp³-hybridized carbons (Fsp3) is 0.597. The minimum absolute atomic E-state index is 0.205. The molecule has 0 bridgehead atoms. The third kappa shape index (κ3) is 39.3. The zero-order valence-corrected chi connectivity index (χ0v) is 44.2. The van der Waals surface area contributed by atoms with Crippen LogP contribution in [-0.4, -0.2) is 87.5 Å². The van der Waals surface area contributed by atoms with E-state index in [4.69, 9.17) is 9.47 Å². The number of ether oxygens (including phenoxy) is 2. The Morgan fingerprint density at radius 1 is 0.507 bits per heavy atom. The Bertz CT molecular complexity index is 1610. The molecular formula is C62H99NO8. The van der Waals surface area contributed by atoms with E-state index in [0.29, 0.717) is 6.42 Å². The van der Waals surface area contributed by atoms with Crippen LogP contribution in [0.3, 0.4) is 0 Å². The van der Waals surface area contributed by atoms with Crippen molar-refractivity contribution < 1.29 is 39.8 Å². The zero-order chi connectivity index (χ0) is 51.5. The first kappa shape index (κ1) is 65.1.